The maximum absolute atomic E-state index is 13.2. The van der Waals surface area contributed by atoms with Crippen LogP contribution in [0.1, 0.15) is 49.4 Å². The predicted molar refractivity (Wildman–Crippen MR) is 180 cm³/mol. The summed E-state index contributed by atoms with van der Waals surface area (Å²) in [5.74, 6) is -0.606. The first-order chi connectivity index (χ1) is 23.3. The average Bonchev–Trinajstić information content (AvgIpc) is 3.94. The third-order valence-electron chi connectivity index (χ3n) is 9.56. The van der Waals surface area contributed by atoms with Crippen LogP contribution < -0.4 is 5.73 Å². The van der Waals surface area contributed by atoms with E-state index in [1.54, 1.807) is 17.3 Å². The van der Waals surface area contributed by atoms with Crippen molar-refractivity contribution in [3.05, 3.63) is 84.7 Å². The highest BCUT2D eigenvalue weighted by molar-refractivity contribution is 5.98. The molecule has 12 heteroatoms. The molecule has 5 N–H and O–H groups in total. The standard InChI is InChI=1S/C36H37N7O5/c1-48-35(45)27(18-37)34(44)42-14-2-4-30(42)32-39-20-29(41-32)26-13-12-24-16-23(10-11-25(24)17-26)21-6-8-22(9-7-21)28-19-38-33(40-28)31-5-3-15-43(31)36(46)47/h6-13,16-17,19-20,27,30-31H,2-5,14-15,18,37H2,1H3,(H,38,40)(H,39,41)(H,46,47). The molecule has 0 aliphatic carbocycles. The molecule has 0 spiro atoms. The van der Waals surface area contributed by atoms with Gasteiger partial charge >= 0.3 is 12.1 Å². The minimum Gasteiger partial charge on any atom is -0.468 e. The number of ether oxygens (including phenoxy) is 1. The third kappa shape index (κ3) is 5.79. The van der Waals surface area contributed by atoms with Crippen molar-refractivity contribution in [1.29, 1.82) is 0 Å². The van der Waals surface area contributed by atoms with Gasteiger partial charge in [-0.1, -0.05) is 48.5 Å². The van der Waals surface area contributed by atoms with Crippen LogP contribution in [-0.4, -0.2) is 79.6 Å². The topological polar surface area (TPSA) is 171 Å². The van der Waals surface area contributed by atoms with Crippen molar-refractivity contribution in [3.63, 3.8) is 0 Å². The van der Waals surface area contributed by atoms with Crippen molar-refractivity contribution in [2.75, 3.05) is 26.7 Å². The number of esters is 1. The number of nitrogens with one attached hydrogen (secondary N) is 2. The van der Waals surface area contributed by atoms with Crippen molar-refractivity contribution in [2.45, 2.75) is 37.8 Å². The highest BCUT2D eigenvalue weighted by Gasteiger charge is 2.38. The van der Waals surface area contributed by atoms with Crippen molar-refractivity contribution < 1.29 is 24.2 Å². The molecular formula is C36H37N7O5. The number of hydrogen-bond acceptors (Lipinski definition) is 7. The van der Waals surface area contributed by atoms with Crippen molar-refractivity contribution in [1.82, 2.24) is 29.7 Å². The molecule has 2 aliphatic rings. The zero-order chi connectivity index (χ0) is 33.4. The van der Waals surface area contributed by atoms with Gasteiger partial charge in [0.2, 0.25) is 5.91 Å². The Morgan fingerprint density at radius 1 is 0.812 bits per heavy atom. The molecule has 3 atom stereocenters. The van der Waals surface area contributed by atoms with E-state index in [4.69, 9.17) is 10.5 Å². The Morgan fingerprint density at radius 2 is 1.33 bits per heavy atom. The van der Waals surface area contributed by atoms with E-state index in [9.17, 15) is 19.5 Å². The third-order valence-corrected chi connectivity index (χ3v) is 9.56. The molecule has 2 aromatic heterocycles. The van der Waals surface area contributed by atoms with Crippen LogP contribution in [0.3, 0.4) is 0 Å². The first-order valence-corrected chi connectivity index (χ1v) is 16.2. The largest absolute Gasteiger partial charge is 0.468 e. The number of H-pyrrole nitrogens is 2. The second-order valence-electron chi connectivity index (χ2n) is 12.4. The van der Waals surface area contributed by atoms with Crippen molar-refractivity contribution >= 4 is 28.7 Å². The number of nitrogens with zero attached hydrogens (tertiary/aromatic N) is 4. The summed E-state index contributed by atoms with van der Waals surface area (Å²) < 4.78 is 4.79. The zero-order valence-electron chi connectivity index (χ0n) is 26.6. The molecule has 12 nitrogen and oxygen atoms in total. The fourth-order valence-electron chi connectivity index (χ4n) is 6.98. The number of amides is 2. The number of rotatable bonds is 8. The van der Waals surface area contributed by atoms with Gasteiger partial charge in [-0.05, 0) is 65.3 Å². The summed E-state index contributed by atoms with van der Waals surface area (Å²) in [6, 6.07) is 20.4. The number of carbonyl (C=O) groups is 3. The molecule has 0 bridgehead atoms. The van der Waals surface area contributed by atoms with Crippen LogP contribution in [0, 0.1) is 5.92 Å². The highest BCUT2D eigenvalue weighted by Crippen LogP contribution is 2.35. The number of hydrogen-bond donors (Lipinski definition) is 4. The van der Waals surface area contributed by atoms with E-state index in [0.717, 1.165) is 70.1 Å². The summed E-state index contributed by atoms with van der Waals surface area (Å²) in [6.45, 7) is 0.957. The predicted octanol–water partition coefficient (Wildman–Crippen LogP) is 5.51. The van der Waals surface area contributed by atoms with E-state index < -0.39 is 18.0 Å². The van der Waals surface area contributed by atoms with Crippen LogP contribution in [0.4, 0.5) is 4.79 Å². The fraction of sp³-hybridized carbons (Fsp3) is 0.306. The van der Waals surface area contributed by atoms with Gasteiger partial charge in [0.05, 0.1) is 43.0 Å². The van der Waals surface area contributed by atoms with Gasteiger partial charge in [-0.2, -0.15) is 0 Å². The van der Waals surface area contributed by atoms with E-state index in [1.165, 1.54) is 12.0 Å². The molecule has 2 aliphatic heterocycles. The Bertz CT molecular complexity index is 1980. The maximum atomic E-state index is 13.2. The molecule has 7 rings (SSSR count). The quantitative estimate of drug-likeness (QED) is 0.126. The van der Waals surface area contributed by atoms with Gasteiger partial charge in [0.1, 0.15) is 17.6 Å². The second-order valence-corrected chi connectivity index (χ2v) is 12.4. The monoisotopic (exact) mass is 647 g/mol. The fourth-order valence-corrected chi connectivity index (χ4v) is 6.98. The Kier molecular flexibility index (Phi) is 8.40. The normalized spacial score (nSPS) is 18.4. The second kappa shape index (κ2) is 13.0. The Morgan fingerprint density at radius 3 is 1.94 bits per heavy atom. The molecule has 2 fully saturated rings. The number of carbonyl (C=O) groups excluding carboxylic acids is 2. The molecule has 48 heavy (non-hydrogen) atoms. The highest BCUT2D eigenvalue weighted by atomic mass is 16.5. The number of fused-ring (bicyclic) bond motifs is 1. The van der Waals surface area contributed by atoms with Crippen molar-refractivity contribution in [2.24, 2.45) is 11.7 Å². The summed E-state index contributed by atoms with van der Waals surface area (Å²) in [7, 11) is 1.26. The molecule has 246 valence electrons. The number of aromatic nitrogens is 4. The molecule has 0 saturated carbocycles. The van der Waals surface area contributed by atoms with Gasteiger partial charge in [0.15, 0.2) is 0 Å². The summed E-state index contributed by atoms with van der Waals surface area (Å²) >= 11 is 0. The summed E-state index contributed by atoms with van der Waals surface area (Å²) in [5, 5.41) is 11.7. The van der Waals surface area contributed by atoms with E-state index >= 15 is 0 Å². The molecule has 2 saturated heterocycles. The van der Waals surface area contributed by atoms with Gasteiger partial charge in [-0.25, -0.2) is 14.8 Å². The van der Waals surface area contributed by atoms with E-state index in [0.29, 0.717) is 24.7 Å². The van der Waals surface area contributed by atoms with Crippen molar-refractivity contribution in [3.8, 4) is 33.6 Å². The number of methoxy groups -OCH3 is 1. The van der Waals surface area contributed by atoms with Gasteiger partial charge in [0, 0.05) is 25.2 Å². The lowest BCUT2D eigenvalue weighted by Gasteiger charge is -2.26. The number of imidazole rings is 2. The van der Waals surface area contributed by atoms with Crippen LogP contribution >= 0.6 is 0 Å². The summed E-state index contributed by atoms with van der Waals surface area (Å²) in [5.41, 5.74) is 11.6. The van der Waals surface area contributed by atoms with Crippen LogP contribution in [0.15, 0.2) is 73.1 Å². The Labute approximate surface area is 276 Å². The van der Waals surface area contributed by atoms with E-state index in [-0.39, 0.29) is 24.5 Å². The SMILES string of the molecule is COC(=O)C(CN)C(=O)N1CCCC1c1ncc(-c2ccc3cc(-c4ccc(-c5cnc(C6CCCN6C(=O)O)[nH]5)cc4)ccc3c2)[nH]1. The van der Waals surface area contributed by atoms with E-state index in [2.05, 4.69) is 68.5 Å². The van der Waals surface area contributed by atoms with Crippen LogP contribution in [-0.2, 0) is 14.3 Å². The minimum atomic E-state index is -1.02. The molecular weight excluding hydrogens is 610 g/mol. The van der Waals surface area contributed by atoms with Gasteiger partial charge < -0.3 is 30.4 Å². The number of aromatic amines is 2. The smallest absolute Gasteiger partial charge is 0.407 e. The van der Waals surface area contributed by atoms with Crippen LogP contribution in [0.2, 0.25) is 0 Å². The molecule has 0 radical (unpaired) electrons. The van der Waals surface area contributed by atoms with Crippen LogP contribution in [0.25, 0.3) is 44.4 Å². The molecule has 4 heterocycles. The number of carboxylic acid groups (broad SMARTS) is 1. The Balaban J connectivity index is 1.06. The molecule has 3 unspecified atom stereocenters. The average molecular weight is 648 g/mol. The molecule has 2 amide bonds. The lowest BCUT2D eigenvalue weighted by molar-refractivity contribution is -0.153. The molecule has 3 aromatic carbocycles. The first-order valence-electron chi connectivity index (χ1n) is 16.2. The Hall–Kier alpha value is -5.49. The maximum Gasteiger partial charge on any atom is 0.407 e. The van der Waals surface area contributed by atoms with Gasteiger partial charge in [-0.15, -0.1) is 0 Å². The lowest BCUT2D eigenvalue weighted by Crippen LogP contribution is -2.43. The van der Waals surface area contributed by atoms with E-state index in [1.807, 2.05) is 12.1 Å². The van der Waals surface area contributed by atoms with Crippen LogP contribution in [0.5, 0.6) is 0 Å². The summed E-state index contributed by atoms with van der Waals surface area (Å²) in [6.07, 6.45) is 5.79. The zero-order valence-corrected chi connectivity index (χ0v) is 26.6. The number of benzene rings is 3. The number of nitrogens with two attached hydrogens (primary N) is 1. The minimum absolute atomic E-state index is 0.106. The molecule has 5 aromatic rings. The first kappa shape index (κ1) is 31.1. The van der Waals surface area contributed by atoms with Gasteiger partial charge in [-0.3, -0.25) is 14.5 Å². The number of likely N-dealkylation sites (tertiary alicyclic amines) is 2. The lowest BCUT2D eigenvalue weighted by atomic mass is 9.98. The summed E-state index contributed by atoms with van der Waals surface area (Å²) in [4.78, 5) is 55.8. The van der Waals surface area contributed by atoms with Gasteiger partial charge in [0.25, 0.3) is 0 Å².